The summed E-state index contributed by atoms with van der Waals surface area (Å²) in [5, 5.41) is 2.92. The highest BCUT2D eigenvalue weighted by Gasteiger charge is 2.33. The summed E-state index contributed by atoms with van der Waals surface area (Å²) in [5.41, 5.74) is 7.62. The first-order chi connectivity index (χ1) is 15.5. The molecule has 0 aliphatic carbocycles. The topological polar surface area (TPSA) is 73.9 Å². The minimum atomic E-state index is -0.105. The van der Waals surface area contributed by atoms with Crippen LogP contribution in [0.2, 0.25) is 0 Å². The molecular weight excluding hydrogens is 404 g/mol. The minimum Gasteiger partial charge on any atom is -0.370 e. The van der Waals surface area contributed by atoms with Gasteiger partial charge in [0.2, 0.25) is 5.91 Å². The quantitative estimate of drug-likeness (QED) is 0.675. The maximum absolute atomic E-state index is 12.8. The van der Waals surface area contributed by atoms with Gasteiger partial charge in [-0.05, 0) is 62.9 Å². The SMILES string of the molecule is CONc1cc(C(=O)NC(C)C)ccc1N1CCC(N2C(=O)CCc3ccccc32)CC1. The van der Waals surface area contributed by atoms with Crippen molar-refractivity contribution in [3.8, 4) is 0 Å². The molecule has 170 valence electrons. The predicted molar refractivity (Wildman–Crippen MR) is 127 cm³/mol. The third-order valence-corrected chi connectivity index (χ3v) is 6.19. The molecule has 0 aromatic heterocycles. The van der Waals surface area contributed by atoms with Crippen molar-refractivity contribution >= 4 is 28.9 Å². The van der Waals surface area contributed by atoms with Crippen LogP contribution in [0.5, 0.6) is 0 Å². The molecule has 0 radical (unpaired) electrons. The number of hydrogen-bond donors (Lipinski definition) is 2. The molecule has 2 aromatic rings. The van der Waals surface area contributed by atoms with Gasteiger partial charge in [0.25, 0.3) is 5.91 Å². The second-order valence-electron chi connectivity index (χ2n) is 8.78. The number of aryl methyl sites for hydroxylation is 1. The average Bonchev–Trinajstić information content (AvgIpc) is 2.79. The first kappa shape index (κ1) is 22.1. The van der Waals surface area contributed by atoms with Crippen LogP contribution in [0.3, 0.4) is 0 Å². The Morgan fingerprint density at radius 3 is 2.53 bits per heavy atom. The van der Waals surface area contributed by atoms with Gasteiger partial charge < -0.3 is 15.1 Å². The van der Waals surface area contributed by atoms with Crippen LogP contribution >= 0.6 is 0 Å². The molecule has 4 rings (SSSR count). The summed E-state index contributed by atoms with van der Waals surface area (Å²) in [7, 11) is 1.57. The van der Waals surface area contributed by atoms with E-state index >= 15 is 0 Å². The van der Waals surface area contributed by atoms with Gasteiger partial charge in [-0.15, -0.1) is 0 Å². The van der Waals surface area contributed by atoms with Crippen LogP contribution in [-0.4, -0.2) is 44.1 Å². The molecule has 32 heavy (non-hydrogen) atoms. The summed E-state index contributed by atoms with van der Waals surface area (Å²) in [6.45, 7) is 5.53. The van der Waals surface area contributed by atoms with Crippen LogP contribution in [0, 0.1) is 0 Å². The molecular formula is C25H32N4O3. The Labute approximate surface area is 189 Å². The smallest absolute Gasteiger partial charge is 0.251 e. The van der Waals surface area contributed by atoms with Crippen molar-refractivity contribution in [3.05, 3.63) is 53.6 Å². The van der Waals surface area contributed by atoms with E-state index in [2.05, 4.69) is 27.8 Å². The Balaban J connectivity index is 1.49. The summed E-state index contributed by atoms with van der Waals surface area (Å²) in [6.07, 6.45) is 3.19. The van der Waals surface area contributed by atoms with Crippen molar-refractivity contribution in [1.29, 1.82) is 0 Å². The number of hydrogen-bond acceptors (Lipinski definition) is 5. The van der Waals surface area contributed by atoms with Gasteiger partial charge in [0.05, 0.1) is 18.5 Å². The number of rotatable bonds is 6. The molecule has 2 aromatic carbocycles. The predicted octanol–water partition coefficient (Wildman–Crippen LogP) is 3.75. The summed E-state index contributed by atoms with van der Waals surface area (Å²) in [6, 6.07) is 14.2. The second kappa shape index (κ2) is 9.61. The van der Waals surface area contributed by atoms with Gasteiger partial charge in [0, 0.05) is 42.8 Å². The van der Waals surface area contributed by atoms with Crippen molar-refractivity contribution in [3.63, 3.8) is 0 Å². The number of carbonyl (C=O) groups excluding carboxylic acids is 2. The third kappa shape index (κ3) is 4.58. The number of nitrogens with zero attached hydrogens (tertiary/aromatic N) is 2. The van der Waals surface area contributed by atoms with Gasteiger partial charge in [-0.3, -0.25) is 19.9 Å². The molecule has 0 unspecified atom stereocenters. The van der Waals surface area contributed by atoms with Crippen molar-refractivity contribution in [2.24, 2.45) is 0 Å². The highest BCUT2D eigenvalue weighted by Crippen LogP contribution is 2.35. The Bertz CT molecular complexity index is 983. The lowest BCUT2D eigenvalue weighted by Crippen LogP contribution is -2.49. The Kier molecular flexibility index (Phi) is 6.65. The molecule has 1 fully saturated rings. The summed E-state index contributed by atoms with van der Waals surface area (Å²) in [5.74, 6) is 0.121. The molecule has 0 spiro atoms. The number of anilines is 3. The van der Waals surface area contributed by atoms with Crippen LogP contribution in [0.15, 0.2) is 42.5 Å². The fourth-order valence-corrected chi connectivity index (χ4v) is 4.71. The van der Waals surface area contributed by atoms with Gasteiger partial charge in [-0.2, -0.15) is 0 Å². The van der Waals surface area contributed by atoms with Crippen molar-refractivity contribution in [2.75, 3.05) is 35.5 Å². The highest BCUT2D eigenvalue weighted by molar-refractivity contribution is 5.97. The number of nitrogens with one attached hydrogen (secondary N) is 2. The van der Waals surface area contributed by atoms with E-state index in [4.69, 9.17) is 4.84 Å². The van der Waals surface area contributed by atoms with Gasteiger partial charge in [-0.1, -0.05) is 18.2 Å². The van der Waals surface area contributed by atoms with Crippen molar-refractivity contribution in [2.45, 2.75) is 51.6 Å². The normalized spacial score (nSPS) is 16.8. The van der Waals surface area contributed by atoms with Crippen LogP contribution in [0.25, 0.3) is 0 Å². The number of benzene rings is 2. The number of piperidine rings is 1. The molecule has 2 aliphatic rings. The second-order valence-corrected chi connectivity index (χ2v) is 8.78. The zero-order chi connectivity index (χ0) is 22.7. The third-order valence-electron chi connectivity index (χ3n) is 6.19. The number of carbonyl (C=O) groups is 2. The molecule has 2 amide bonds. The average molecular weight is 437 g/mol. The molecule has 0 atom stereocenters. The standard InChI is InChI=1S/C25H32N4O3/c1-17(2)26-25(31)19-8-10-23(21(16-19)27-32-3)28-14-12-20(13-15-28)29-22-7-5-4-6-18(22)9-11-24(29)30/h4-8,10,16-17,20,27H,9,11-15H2,1-3H3,(H,26,31). The molecule has 7 nitrogen and oxygen atoms in total. The highest BCUT2D eigenvalue weighted by atomic mass is 16.6. The van der Waals surface area contributed by atoms with E-state index in [1.54, 1.807) is 7.11 Å². The molecule has 2 aliphatic heterocycles. The van der Waals surface area contributed by atoms with E-state index in [1.807, 2.05) is 49.1 Å². The summed E-state index contributed by atoms with van der Waals surface area (Å²) in [4.78, 5) is 34.7. The van der Waals surface area contributed by atoms with Crippen molar-refractivity contribution < 1.29 is 14.4 Å². The number of fused-ring (bicyclic) bond motifs is 1. The van der Waals surface area contributed by atoms with Gasteiger partial charge in [-0.25, -0.2) is 0 Å². The minimum absolute atomic E-state index is 0.0719. The van der Waals surface area contributed by atoms with Crippen LogP contribution < -0.4 is 20.6 Å². The van der Waals surface area contributed by atoms with Gasteiger partial charge >= 0.3 is 0 Å². The molecule has 2 N–H and O–H groups in total. The first-order valence-corrected chi connectivity index (χ1v) is 11.4. The lowest BCUT2D eigenvalue weighted by Gasteiger charge is -2.42. The molecule has 1 saturated heterocycles. The van der Waals surface area contributed by atoms with E-state index in [0.717, 1.165) is 49.4 Å². The summed E-state index contributed by atoms with van der Waals surface area (Å²) >= 11 is 0. The number of amides is 2. The van der Waals surface area contributed by atoms with Crippen molar-refractivity contribution in [1.82, 2.24) is 5.32 Å². The van der Waals surface area contributed by atoms with Crippen LogP contribution in [0.1, 0.15) is 49.0 Å². The van der Waals surface area contributed by atoms with Gasteiger partial charge in [0.15, 0.2) is 0 Å². The largest absolute Gasteiger partial charge is 0.370 e. The fraction of sp³-hybridized carbons (Fsp3) is 0.440. The first-order valence-electron chi connectivity index (χ1n) is 11.4. The molecule has 2 heterocycles. The van der Waals surface area contributed by atoms with Crippen LogP contribution in [0.4, 0.5) is 17.1 Å². The zero-order valence-corrected chi connectivity index (χ0v) is 19.1. The summed E-state index contributed by atoms with van der Waals surface area (Å²) < 4.78 is 0. The fourth-order valence-electron chi connectivity index (χ4n) is 4.71. The Morgan fingerprint density at radius 1 is 1.06 bits per heavy atom. The molecule has 0 saturated carbocycles. The number of para-hydroxylation sites is 1. The maximum atomic E-state index is 12.8. The van der Waals surface area contributed by atoms with E-state index < -0.39 is 0 Å². The Hall–Kier alpha value is -3.06. The maximum Gasteiger partial charge on any atom is 0.251 e. The van der Waals surface area contributed by atoms with E-state index in [1.165, 1.54) is 5.56 Å². The van der Waals surface area contributed by atoms with Crippen LogP contribution in [-0.2, 0) is 16.1 Å². The lowest BCUT2D eigenvalue weighted by molar-refractivity contribution is -0.119. The van der Waals surface area contributed by atoms with E-state index in [-0.39, 0.29) is 23.9 Å². The lowest BCUT2D eigenvalue weighted by atomic mass is 9.95. The van der Waals surface area contributed by atoms with E-state index in [0.29, 0.717) is 12.0 Å². The molecule has 0 bridgehead atoms. The Morgan fingerprint density at radius 2 is 1.81 bits per heavy atom. The van der Waals surface area contributed by atoms with E-state index in [9.17, 15) is 9.59 Å². The molecule has 7 heteroatoms. The zero-order valence-electron chi connectivity index (χ0n) is 19.1. The van der Waals surface area contributed by atoms with Gasteiger partial charge in [0.1, 0.15) is 0 Å². The monoisotopic (exact) mass is 436 g/mol.